The van der Waals surface area contributed by atoms with E-state index in [4.69, 9.17) is 5.41 Å². The highest BCUT2D eigenvalue weighted by atomic mass is 35.5. The molecular formula is C4H6Cl2N3OS-. The first-order chi connectivity index (χ1) is 4.29. The molecule has 64 valence electrons. The van der Waals surface area contributed by atoms with Crippen LogP contribution in [-0.4, -0.2) is 15.2 Å². The molecule has 1 aromatic rings. The van der Waals surface area contributed by atoms with Crippen molar-refractivity contribution in [1.29, 1.82) is 5.41 Å². The number of nitrogens with zero attached hydrogens (tertiary/aromatic N) is 1. The lowest BCUT2D eigenvalue weighted by atomic mass is 11.0. The second-order valence-electron chi connectivity index (χ2n) is 1.31. The van der Waals surface area contributed by atoms with Crippen molar-refractivity contribution in [3.8, 4) is 0 Å². The number of hydrogen-bond donors (Lipinski definition) is 2. The highest BCUT2D eigenvalue weighted by Crippen LogP contribution is 2.10. The molecule has 0 amide bonds. The zero-order chi connectivity index (χ0) is 6.69. The Labute approximate surface area is 80.1 Å². The minimum Gasteiger partial charge on any atom is -0.854 e. The zero-order valence-electron chi connectivity index (χ0n) is 5.23. The minimum absolute atomic E-state index is 0. The zero-order valence-corrected chi connectivity index (χ0v) is 7.68. The Balaban J connectivity index is 0. The summed E-state index contributed by atoms with van der Waals surface area (Å²) in [6.07, 6.45) is 2.96. The van der Waals surface area contributed by atoms with E-state index in [1.165, 1.54) is 12.5 Å². The SMILES string of the molecule is Cl.Cl.N=C([O-])Sc1cnc[nH]1. The van der Waals surface area contributed by atoms with Gasteiger partial charge in [-0.15, -0.1) is 24.8 Å². The fourth-order valence-corrected chi connectivity index (χ4v) is 0.824. The van der Waals surface area contributed by atoms with Crippen molar-refractivity contribution in [3.63, 3.8) is 0 Å². The Hall–Kier alpha value is -0.390. The van der Waals surface area contributed by atoms with Gasteiger partial charge in [0.25, 0.3) is 0 Å². The number of rotatable bonds is 1. The molecule has 0 aromatic carbocycles. The molecule has 1 aromatic heterocycles. The lowest BCUT2D eigenvalue weighted by molar-refractivity contribution is -0.207. The number of aromatic amines is 1. The molecule has 11 heavy (non-hydrogen) atoms. The molecule has 0 saturated carbocycles. The summed E-state index contributed by atoms with van der Waals surface area (Å²) in [5, 5.41) is 16.5. The second kappa shape index (κ2) is 6.33. The van der Waals surface area contributed by atoms with E-state index < -0.39 is 5.23 Å². The Morgan fingerprint density at radius 2 is 2.27 bits per heavy atom. The maximum absolute atomic E-state index is 10.1. The monoisotopic (exact) mass is 214 g/mol. The fraction of sp³-hybridized carbons (Fsp3) is 0. The number of thioether (sulfide) groups is 1. The third-order valence-electron chi connectivity index (χ3n) is 0.676. The van der Waals surface area contributed by atoms with E-state index in [1.54, 1.807) is 0 Å². The predicted octanol–water partition coefficient (Wildman–Crippen LogP) is 0.640. The molecule has 0 saturated heterocycles. The third-order valence-corrected chi connectivity index (χ3v) is 1.30. The third kappa shape index (κ3) is 4.94. The van der Waals surface area contributed by atoms with E-state index in [-0.39, 0.29) is 24.8 Å². The molecule has 1 rings (SSSR count). The van der Waals surface area contributed by atoms with Gasteiger partial charge >= 0.3 is 0 Å². The van der Waals surface area contributed by atoms with Crippen molar-refractivity contribution < 1.29 is 5.11 Å². The van der Waals surface area contributed by atoms with Crippen molar-refractivity contribution in [2.75, 3.05) is 0 Å². The van der Waals surface area contributed by atoms with E-state index in [1.807, 2.05) is 0 Å². The highest BCUT2D eigenvalue weighted by Gasteiger charge is 1.89. The van der Waals surface area contributed by atoms with Crippen LogP contribution in [0.3, 0.4) is 0 Å². The molecule has 0 aliphatic heterocycles. The molecule has 0 unspecified atom stereocenters. The van der Waals surface area contributed by atoms with Crippen LogP contribution in [0.15, 0.2) is 17.6 Å². The fourth-order valence-electron chi connectivity index (χ4n) is 0.399. The summed E-state index contributed by atoms with van der Waals surface area (Å²) in [4.78, 5) is 6.34. The molecule has 0 spiro atoms. The summed E-state index contributed by atoms with van der Waals surface area (Å²) < 4.78 is 0. The summed E-state index contributed by atoms with van der Waals surface area (Å²) >= 11 is 0.815. The Morgan fingerprint density at radius 1 is 1.64 bits per heavy atom. The lowest BCUT2D eigenvalue weighted by Crippen LogP contribution is -2.09. The molecule has 0 atom stereocenters. The van der Waals surface area contributed by atoms with Gasteiger partial charge in [-0.05, 0) is 0 Å². The van der Waals surface area contributed by atoms with Crippen molar-refractivity contribution >= 4 is 41.8 Å². The summed E-state index contributed by atoms with van der Waals surface area (Å²) in [6, 6.07) is 0. The molecular weight excluding hydrogens is 209 g/mol. The van der Waals surface area contributed by atoms with E-state index >= 15 is 0 Å². The van der Waals surface area contributed by atoms with Crippen molar-refractivity contribution in [2.45, 2.75) is 5.03 Å². The molecule has 0 radical (unpaired) electrons. The van der Waals surface area contributed by atoms with Crippen molar-refractivity contribution in [2.24, 2.45) is 0 Å². The largest absolute Gasteiger partial charge is 0.854 e. The van der Waals surface area contributed by atoms with Crippen LogP contribution >= 0.6 is 36.6 Å². The first-order valence-corrected chi connectivity index (χ1v) is 3.02. The Bertz CT molecular complexity index is 203. The molecule has 4 nitrogen and oxygen atoms in total. The molecule has 0 aliphatic carbocycles. The first-order valence-electron chi connectivity index (χ1n) is 2.21. The molecule has 0 fully saturated rings. The number of hydrogen-bond acceptors (Lipinski definition) is 4. The van der Waals surface area contributed by atoms with Gasteiger partial charge in [-0.2, -0.15) is 0 Å². The molecule has 0 aliphatic rings. The van der Waals surface area contributed by atoms with E-state index in [2.05, 4.69) is 9.97 Å². The van der Waals surface area contributed by atoms with Gasteiger partial charge in [-0.1, -0.05) is 11.8 Å². The summed E-state index contributed by atoms with van der Waals surface area (Å²) in [5.41, 5.74) is 0. The Morgan fingerprint density at radius 3 is 2.64 bits per heavy atom. The average molecular weight is 215 g/mol. The van der Waals surface area contributed by atoms with Crippen molar-refractivity contribution in [3.05, 3.63) is 12.5 Å². The van der Waals surface area contributed by atoms with Crippen LogP contribution in [0.5, 0.6) is 0 Å². The van der Waals surface area contributed by atoms with E-state index in [0.29, 0.717) is 5.03 Å². The van der Waals surface area contributed by atoms with Gasteiger partial charge in [0.15, 0.2) is 0 Å². The summed E-state index contributed by atoms with van der Waals surface area (Å²) in [7, 11) is 0. The second-order valence-corrected chi connectivity index (χ2v) is 2.32. The van der Waals surface area contributed by atoms with Crippen LogP contribution in [0.4, 0.5) is 0 Å². The highest BCUT2D eigenvalue weighted by molar-refractivity contribution is 8.13. The lowest BCUT2D eigenvalue weighted by Gasteiger charge is -2.01. The van der Waals surface area contributed by atoms with Crippen LogP contribution in [0.2, 0.25) is 0 Å². The molecule has 7 heteroatoms. The number of halogens is 2. The minimum atomic E-state index is -0.681. The van der Waals surface area contributed by atoms with Crippen LogP contribution in [0.25, 0.3) is 0 Å². The predicted molar refractivity (Wildman–Crippen MR) is 46.7 cm³/mol. The van der Waals surface area contributed by atoms with Gasteiger partial charge in [-0.25, -0.2) is 4.98 Å². The maximum Gasteiger partial charge on any atom is 0.0970 e. The van der Waals surface area contributed by atoms with Crippen LogP contribution in [0.1, 0.15) is 0 Å². The van der Waals surface area contributed by atoms with E-state index in [9.17, 15) is 5.11 Å². The smallest absolute Gasteiger partial charge is 0.0970 e. The summed E-state index contributed by atoms with van der Waals surface area (Å²) in [5.74, 6) is 0. The van der Waals surface area contributed by atoms with Gasteiger partial charge in [0.1, 0.15) is 0 Å². The Kier molecular flexibility index (Phi) is 7.60. The summed E-state index contributed by atoms with van der Waals surface area (Å²) in [6.45, 7) is 0. The topological polar surface area (TPSA) is 75.6 Å². The van der Waals surface area contributed by atoms with Gasteiger partial charge in [0, 0.05) is 5.23 Å². The average Bonchev–Trinajstić information content (AvgIpc) is 2.15. The molecule has 1 heterocycles. The van der Waals surface area contributed by atoms with Crippen LogP contribution in [0, 0.1) is 5.41 Å². The number of H-pyrrole nitrogens is 1. The number of nitrogens with one attached hydrogen (secondary N) is 2. The normalized spacial score (nSPS) is 7.64. The molecule has 2 N–H and O–H groups in total. The van der Waals surface area contributed by atoms with Crippen LogP contribution < -0.4 is 5.11 Å². The van der Waals surface area contributed by atoms with Crippen molar-refractivity contribution in [1.82, 2.24) is 9.97 Å². The maximum atomic E-state index is 10.1. The standard InChI is InChI=1S/C4H5N3OS.2ClH/c5-4(8)9-3-1-6-2-7-3;;/h1-2H,(H2,5,8)(H,6,7);2*1H/p-1. The quantitative estimate of drug-likeness (QED) is 0.410. The first kappa shape index (κ1) is 13.2. The van der Waals surface area contributed by atoms with Gasteiger partial charge in [-0.3, -0.25) is 0 Å². The molecule has 0 bridgehead atoms. The number of imidazole rings is 1. The van der Waals surface area contributed by atoms with Gasteiger partial charge < -0.3 is 15.5 Å². The van der Waals surface area contributed by atoms with Crippen LogP contribution in [-0.2, 0) is 0 Å². The van der Waals surface area contributed by atoms with Gasteiger partial charge in [0.2, 0.25) is 0 Å². The van der Waals surface area contributed by atoms with E-state index in [0.717, 1.165) is 11.8 Å². The number of aromatic nitrogens is 2. The van der Waals surface area contributed by atoms with Gasteiger partial charge in [0.05, 0.1) is 17.6 Å².